The van der Waals surface area contributed by atoms with Crippen LogP contribution in [0.5, 0.6) is 5.75 Å². The zero-order valence-corrected chi connectivity index (χ0v) is 14.7. The average molecular weight is 360 g/mol. The molecule has 3 amide bonds. The van der Waals surface area contributed by atoms with E-state index in [4.69, 9.17) is 4.74 Å². The standard InChI is InChI=1S/C22H20N2O3/c25-21(24-22(26)23-15-17-9-3-1-4-10-17)19-13-7-8-14-20(19)27-16-18-11-5-2-6-12-18/h1-14H,15-16H2,(H2,23,24,25,26). The Bertz CT molecular complexity index is 896. The molecule has 5 nitrogen and oxygen atoms in total. The largest absolute Gasteiger partial charge is 0.488 e. The molecule has 0 spiro atoms. The van der Waals surface area contributed by atoms with Crippen LogP contribution >= 0.6 is 0 Å². The molecule has 0 aliphatic rings. The van der Waals surface area contributed by atoms with Gasteiger partial charge in [-0.25, -0.2) is 4.79 Å². The van der Waals surface area contributed by atoms with Crippen LogP contribution in [0.1, 0.15) is 21.5 Å². The molecule has 0 saturated carbocycles. The summed E-state index contributed by atoms with van der Waals surface area (Å²) in [5.74, 6) is -0.0843. The second-order valence-corrected chi connectivity index (χ2v) is 5.89. The topological polar surface area (TPSA) is 67.4 Å². The van der Waals surface area contributed by atoms with Gasteiger partial charge in [0.2, 0.25) is 0 Å². The number of hydrogen-bond acceptors (Lipinski definition) is 3. The first-order chi connectivity index (χ1) is 13.2. The van der Waals surface area contributed by atoms with Gasteiger partial charge < -0.3 is 10.1 Å². The number of ether oxygens (including phenoxy) is 1. The van der Waals surface area contributed by atoms with Crippen LogP contribution in [0.3, 0.4) is 0 Å². The molecule has 0 aliphatic heterocycles. The molecule has 2 N–H and O–H groups in total. The zero-order chi connectivity index (χ0) is 18.9. The van der Waals surface area contributed by atoms with Crippen LogP contribution in [0.4, 0.5) is 4.79 Å². The third-order valence-corrected chi connectivity index (χ3v) is 3.89. The van der Waals surface area contributed by atoms with E-state index in [1.165, 1.54) is 0 Å². The summed E-state index contributed by atoms with van der Waals surface area (Å²) in [7, 11) is 0. The predicted octanol–water partition coefficient (Wildman–Crippen LogP) is 3.91. The van der Waals surface area contributed by atoms with Gasteiger partial charge in [-0.05, 0) is 23.3 Å². The molecule has 0 bridgehead atoms. The van der Waals surface area contributed by atoms with Crippen molar-refractivity contribution in [3.63, 3.8) is 0 Å². The van der Waals surface area contributed by atoms with Crippen LogP contribution in [0.15, 0.2) is 84.9 Å². The lowest BCUT2D eigenvalue weighted by Crippen LogP contribution is -2.39. The first-order valence-electron chi connectivity index (χ1n) is 8.61. The van der Waals surface area contributed by atoms with Gasteiger partial charge in [-0.15, -0.1) is 0 Å². The Morgan fingerprint density at radius 1 is 0.741 bits per heavy atom. The third kappa shape index (κ3) is 5.44. The van der Waals surface area contributed by atoms with E-state index >= 15 is 0 Å². The zero-order valence-electron chi connectivity index (χ0n) is 14.7. The molecule has 3 aromatic carbocycles. The van der Waals surface area contributed by atoms with Gasteiger partial charge in [-0.3, -0.25) is 10.1 Å². The fraction of sp³-hybridized carbons (Fsp3) is 0.0909. The normalized spacial score (nSPS) is 10.1. The van der Waals surface area contributed by atoms with Crippen molar-refractivity contribution in [3.05, 3.63) is 102 Å². The minimum Gasteiger partial charge on any atom is -0.488 e. The molecule has 27 heavy (non-hydrogen) atoms. The smallest absolute Gasteiger partial charge is 0.321 e. The van der Waals surface area contributed by atoms with Crippen molar-refractivity contribution in [1.82, 2.24) is 10.6 Å². The van der Waals surface area contributed by atoms with E-state index in [2.05, 4.69) is 10.6 Å². The van der Waals surface area contributed by atoms with Crippen molar-refractivity contribution in [1.29, 1.82) is 0 Å². The molecular formula is C22H20N2O3. The molecule has 0 aromatic heterocycles. The summed E-state index contributed by atoms with van der Waals surface area (Å²) in [6.45, 7) is 0.678. The van der Waals surface area contributed by atoms with Gasteiger partial charge in [0, 0.05) is 6.54 Å². The van der Waals surface area contributed by atoms with Crippen molar-refractivity contribution in [2.75, 3.05) is 0 Å². The quantitative estimate of drug-likeness (QED) is 0.700. The van der Waals surface area contributed by atoms with E-state index in [9.17, 15) is 9.59 Å². The lowest BCUT2D eigenvalue weighted by atomic mass is 10.2. The van der Waals surface area contributed by atoms with Crippen LogP contribution in [0, 0.1) is 0 Å². The molecule has 3 rings (SSSR count). The fourth-order valence-corrected chi connectivity index (χ4v) is 2.51. The van der Waals surface area contributed by atoms with Gasteiger partial charge in [-0.2, -0.15) is 0 Å². The molecule has 5 heteroatoms. The molecule has 0 atom stereocenters. The molecule has 0 unspecified atom stereocenters. The van der Waals surface area contributed by atoms with Crippen molar-refractivity contribution in [2.45, 2.75) is 13.2 Å². The predicted molar refractivity (Wildman–Crippen MR) is 103 cm³/mol. The maximum absolute atomic E-state index is 12.4. The lowest BCUT2D eigenvalue weighted by Gasteiger charge is -2.12. The van der Waals surface area contributed by atoms with E-state index in [-0.39, 0.29) is 0 Å². The SMILES string of the molecule is O=C(NCc1ccccc1)NC(=O)c1ccccc1OCc1ccccc1. The summed E-state index contributed by atoms with van der Waals surface area (Å²) < 4.78 is 5.76. The number of benzene rings is 3. The minimum atomic E-state index is -0.554. The van der Waals surface area contributed by atoms with Crippen LogP contribution in [0.2, 0.25) is 0 Å². The van der Waals surface area contributed by atoms with E-state index in [0.29, 0.717) is 24.5 Å². The molecule has 0 heterocycles. The Balaban J connectivity index is 1.58. The number of carbonyl (C=O) groups is 2. The highest BCUT2D eigenvalue weighted by atomic mass is 16.5. The Morgan fingerprint density at radius 2 is 1.33 bits per heavy atom. The molecule has 0 radical (unpaired) electrons. The highest BCUT2D eigenvalue weighted by molar-refractivity contribution is 6.05. The maximum atomic E-state index is 12.4. The minimum absolute atomic E-state index is 0.309. The second-order valence-electron chi connectivity index (χ2n) is 5.89. The Morgan fingerprint density at radius 3 is 2.04 bits per heavy atom. The summed E-state index contributed by atoms with van der Waals surface area (Å²) in [4.78, 5) is 24.5. The van der Waals surface area contributed by atoms with Crippen molar-refractivity contribution < 1.29 is 14.3 Å². The van der Waals surface area contributed by atoms with Gasteiger partial charge >= 0.3 is 6.03 Å². The summed E-state index contributed by atoms with van der Waals surface area (Å²) in [6, 6.07) is 25.4. The maximum Gasteiger partial charge on any atom is 0.321 e. The summed E-state index contributed by atoms with van der Waals surface area (Å²) in [6.07, 6.45) is 0. The molecule has 3 aromatic rings. The Hall–Kier alpha value is -3.60. The number of para-hydroxylation sites is 1. The first kappa shape index (κ1) is 18.2. The van der Waals surface area contributed by atoms with Gasteiger partial charge in [0.1, 0.15) is 12.4 Å². The van der Waals surface area contributed by atoms with Crippen LogP contribution in [-0.4, -0.2) is 11.9 Å². The number of amides is 3. The number of urea groups is 1. The molecular weight excluding hydrogens is 340 g/mol. The summed E-state index contributed by atoms with van der Waals surface area (Å²) >= 11 is 0. The average Bonchev–Trinajstić information content (AvgIpc) is 2.72. The van der Waals surface area contributed by atoms with Gasteiger partial charge in [0.25, 0.3) is 5.91 Å². The highest BCUT2D eigenvalue weighted by Crippen LogP contribution is 2.19. The number of carbonyl (C=O) groups excluding carboxylic acids is 2. The van der Waals surface area contributed by atoms with Gasteiger partial charge in [0.05, 0.1) is 5.56 Å². The third-order valence-electron chi connectivity index (χ3n) is 3.89. The molecule has 136 valence electrons. The highest BCUT2D eigenvalue weighted by Gasteiger charge is 2.15. The van der Waals surface area contributed by atoms with Crippen molar-refractivity contribution in [2.24, 2.45) is 0 Å². The molecule has 0 aliphatic carbocycles. The van der Waals surface area contributed by atoms with Crippen LogP contribution in [-0.2, 0) is 13.2 Å². The Kier molecular flexibility index (Phi) is 6.20. The lowest BCUT2D eigenvalue weighted by molar-refractivity contribution is 0.0959. The summed E-state index contributed by atoms with van der Waals surface area (Å²) in [5, 5.41) is 5.00. The van der Waals surface area contributed by atoms with E-state index in [1.54, 1.807) is 24.3 Å². The second kappa shape index (κ2) is 9.20. The molecule has 0 saturated heterocycles. The van der Waals surface area contributed by atoms with Gasteiger partial charge in [-0.1, -0.05) is 72.8 Å². The van der Waals surface area contributed by atoms with Crippen LogP contribution in [0.25, 0.3) is 0 Å². The first-order valence-corrected chi connectivity index (χ1v) is 8.61. The summed E-state index contributed by atoms with van der Waals surface area (Å²) in [5.41, 5.74) is 2.25. The van der Waals surface area contributed by atoms with Crippen molar-refractivity contribution >= 4 is 11.9 Å². The van der Waals surface area contributed by atoms with E-state index < -0.39 is 11.9 Å². The van der Waals surface area contributed by atoms with Gasteiger partial charge in [0.15, 0.2) is 0 Å². The van der Waals surface area contributed by atoms with Crippen LogP contribution < -0.4 is 15.4 Å². The number of hydrogen-bond donors (Lipinski definition) is 2. The van der Waals surface area contributed by atoms with Crippen molar-refractivity contribution in [3.8, 4) is 5.75 Å². The Labute approximate surface area is 158 Å². The number of rotatable bonds is 6. The number of imide groups is 1. The number of nitrogens with one attached hydrogen (secondary N) is 2. The monoisotopic (exact) mass is 360 g/mol. The molecule has 0 fully saturated rings. The van der Waals surface area contributed by atoms with E-state index in [1.807, 2.05) is 60.7 Å². The fourth-order valence-electron chi connectivity index (χ4n) is 2.51. The van der Waals surface area contributed by atoms with E-state index in [0.717, 1.165) is 11.1 Å².